The lowest BCUT2D eigenvalue weighted by Crippen LogP contribution is -2.61. The Hall–Kier alpha value is -1.70. The first kappa shape index (κ1) is 18.7. The maximum atomic E-state index is 13.4. The van der Waals surface area contributed by atoms with Crippen LogP contribution in [0.25, 0.3) is 0 Å². The predicted octanol–water partition coefficient (Wildman–Crippen LogP) is 3.27. The van der Waals surface area contributed by atoms with Crippen LogP contribution < -0.4 is 0 Å². The number of hydrogen-bond acceptors (Lipinski definition) is 5. The molecule has 8 heteroatoms. The zero-order chi connectivity index (χ0) is 19.6. The number of esters is 1. The molecule has 0 aromatic carbocycles. The average molecular weight is 384 g/mol. The Balaban J connectivity index is 1.52. The van der Waals surface area contributed by atoms with Crippen molar-refractivity contribution in [2.24, 2.45) is 17.3 Å². The van der Waals surface area contributed by atoms with Crippen molar-refractivity contribution < 1.29 is 27.4 Å². The Kier molecular flexibility index (Phi) is 4.25. The Bertz CT molecular complexity index is 778. The van der Waals surface area contributed by atoms with Crippen molar-refractivity contribution in [2.45, 2.75) is 64.8 Å². The summed E-state index contributed by atoms with van der Waals surface area (Å²) in [5.41, 5.74) is -0.750. The monoisotopic (exact) mass is 384 g/mol. The molecule has 0 bridgehead atoms. The maximum absolute atomic E-state index is 13.4. The van der Waals surface area contributed by atoms with E-state index in [4.69, 9.17) is 9.47 Å². The minimum absolute atomic E-state index is 0.0268. The van der Waals surface area contributed by atoms with Gasteiger partial charge in [-0.1, -0.05) is 13.8 Å². The molecule has 2 heterocycles. The Morgan fingerprint density at radius 2 is 2.00 bits per heavy atom. The smallest absolute Gasteiger partial charge is 0.433 e. The fourth-order valence-corrected chi connectivity index (χ4v) is 4.91. The first-order valence-corrected chi connectivity index (χ1v) is 9.34. The molecule has 0 unspecified atom stereocenters. The van der Waals surface area contributed by atoms with Gasteiger partial charge in [-0.05, 0) is 32.6 Å². The molecule has 4 rings (SSSR count). The molecule has 0 spiro atoms. The molecule has 27 heavy (non-hydrogen) atoms. The lowest BCUT2D eigenvalue weighted by molar-refractivity contribution is -0.213. The molecule has 1 aromatic heterocycles. The van der Waals surface area contributed by atoms with E-state index < -0.39 is 23.8 Å². The lowest BCUT2D eigenvalue weighted by atomic mass is 9.59. The Labute approximate surface area is 155 Å². The fraction of sp³-hybridized carbons (Fsp3) is 0.737. The van der Waals surface area contributed by atoms with Gasteiger partial charge in [0.05, 0.1) is 12.0 Å². The SMILES string of the molecule is Cc1nc2c(c(C(F)(F)F)n1)C[C@H](C(=O)O[C@@H]1[C@H]3CCO[C@@H]3C1(C)C)CC2. The zero-order valence-corrected chi connectivity index (χ0v) is 15.6. The molecule has 0 amide bonds. The highest BCUT2D eigenvalue weighted by Gasteiger charge is 2.61. The number of ether oxygens (including phenoxy) is 2. The number of aromatic nitrogens is 2. The number of rotatable bonds is 2. The highest BCUT2D eigenvalue weighted by molar-refractivity contribution is 5.74. The van der Waals surface area contributed by atoms with Gasteiger partial charge in [0.25, 0.3) is 0 Å². The van der Waals surface area contributed by atoms with E-state index in [0.717, 1.165) is 6.42 Å². The molecule has 148 valence electrons. The third kappa shape index (κ3) is 3.02. The van der Waals surface area contributed by atoms with Crippen LogP contribution in [0.15, 0.2) is 0 Å². The van der Waals surface area contributed by atoms with Gasteiger partial charge in [0.2, 0.25) is 0 Å². The third-order valence-corrected chi connectivity index (χ3v) is 6.22. The summed E-state index contributed by atoms with van der Waals surface area (Å²) in [6.45, 7) is 6.13. The topological polar surface area (TPSA) is 61.3 Å². The molecule has 1 saturated heterocycles. The van der Waals surface area contributed by atoms with E-state index >= 15 is 0 Å². The largest absolute Gasteiger partial charge is 0.461 e. The molecule has 4 atom stereocenters. The van der Waals surface area contributed by atoms with Gasteiger partial charge >= 0.3 is 12.1 Å². The Morgan fingerprint density at radius 3 is 2.70 bits per heavy atom. The van der Waals surface area contributed by atoms with E-state index in [0.29, 0.717) is 25.1 Å². The summed E-state index contributed by atoms with van der Waals surface area (Å²) in [7, 11) is 0. The molecule has 2 fully saturated rings. The first-order chi connectivity index (χ1) is 12.6. The van der Waals surface area contributed by atoms with Crippen LogP contribution in [-0.4, -0.2) is 34.8 Å². The van der Waals surface area contributed by atoms with Gasteiger partial charge in [0.1, 0.15) is 11.9 Å². The number of halogens is 3. The van der Waals surface area contributed by atoms with E-state index in [2.05, 4.69) is 9.97 Å². The van der Waals surface area contributed by atoms with E-state index in [1.165, 1.54) is 6.92 Å². The number of carbonyl (C=O) groups is 1. The van der Waals surface area contributed by atoms with Crippen LogP contribution in [0, 0.1) is 24.2 Å². The summed E-state index contributed by atoms with van der Waals surface area (Å²) in [5, 5.41) is 0. The molecular formula is C19H23F3N2O3. The van der Waals surface area contributed by atoms with Gasteiger partial charge in [-0.3, -0.25) is 4.79 Å². The number of hydrogen-bond donors (Lipinski definition) is 0. The summed E-state index contributed by atoms with van der Waals surface area (Å²) in [6.07, 6.45) is -3.12. The normalized spacial score (nSPS) is 31.6. The van der Waals surface area contributed by atoms with Crippen molar-refractivity contribution in [2.75, 3.05) is 6.61 Å². The minimum atomic E-state index is -4.56. The van der Waals surface area contributed by atoms with Crippen LogP contribution >= 0.6 is 0 Å². The van der Waals surface area contributed by atoms with E-state index in [1.54, 1.807) is 0 Å². The number of carbonyl (C=O) groups excluding carboxylic acids is 1. The van der Waals surface area contributed by atoms with E-state index in [-0.39, 0.29) is 41.3 Å². The molecule has 0 radical (unpaired) electrons. The maximum Gasteiger partial charge on any atom is 0.433 e. The number of alkyl halides is 3. The summed E-state index contributed by atoms with van der Waals surface area (Å²) < 4.78 is 51.6. The number of nitrogens with zero attached hydrogens (tertiary/aromatic N) is 2. The highest BCUT2D eigenvalue weighted by Crippen LogP contribution is 2.54. The van der Waals surface area contributed by atoms with Crippen molar-refractivity contribution in [1.29, 1.82) is 0 Å². The summed E-state index contributed by atoms with van der Waals surface area (Å²) in [6, 6.07) is 0. The number of aryl methyl sites for hydroxylation is 2. The van der Waals surface area contributed by atoms with Crippen molar-refractivity contribution in [3.63, 3.8) is 0 Å². The second-order valence-electron chi connectivity index (χ2n) is 8.40. The molecule has 5 nitrogen and oxygen atoms in total. The van der Waals surface area contributed by atoms with Crippen LogP contribution in [0.2, 0.25) is 0 Å². The molecule has 0 N–H and O–H groups in total. The third-order valence-electron chi connectivity index (χ3n) is 6.22. The van der Waals surface area contributed by atoms with Crippen molar-refractivity contribution in [3.8, 4) is 0 Å². The molecule has 2 aliphatic carbocycles. The second kappa shape index (κ2) is 6.15. The van der Waals surface area contributed by atoms with Gasteiger partial charge in [0, 0.05) is 29.2 Å². The first-order valence-electron chi connectivity index (χ1n) is 9.34. The Morgan fingerprint density at radius 1 is 1.26 bits per heavy atom. The van der Waals surface area contributed by atoms with Crippen LogP contribution in [-0.2, 0) is 33.3 Å². The highest BCUT2D eigenvalue weighted by atomic mass is 19.4. The molecule has 3 aliphatic rings. The number of fused-ring (bicyclic) bond motifs is 2. The second-order valence-corrected chi connectivity index (χ2v) is 8.40. The van der Waals surface area contributed by atoms with Gasteiger partial charge in [0.15, 0.2) is 5.69 Å². The van der Waals surface area contributed by atoms with E-state index in [1.807, 2.05) is 13.8 Å². The van der Waals surface area contributed by atoms with Crippen LogP contribution in [0.1, 0.15) is 49.5 Å². The molecule has 1 saturated carbocycles. The van der Waals surface area contributed by atoms with Gasteiger partial charge < -0.3 is 9.47 Å². The van der Waals surface area contributed by atoms with Crippen LogP contribution in [0.4, 0.5) is 13.2 Å². The van der Waals surface area contributed by atoms with Crippen LogP contribution in [0.3, 0.4) is 0 Å². The summed E-state index contributed by atoms with van der Waals surface area (Å²) in [5.74, 6) is -0.720. The van der Waals surface area contributed by atoms with Crippen molar-refractivity contribution >= 4 is 5.97 Å². The van der Waals surface area contributed by atoms with E-state index in [9.17, 15) is 18.0 Å². The molecular weight excluding hydrogens is 361 g/mol. The summed E-state index contributed by atoms with van der Waals surface area (Å²) in [4.78, 5) is 20.5. The fourth-order valence-electron chi connectivity index (χ4n) is 4.91. The predicted molar refractivity (Wildman–Crippen MR) is 88.8 cm³/mol. The molecule has 1 aliphatic heterocycles. The minimum Gasteiger partial charge on any atom is -0.461 e. The van der Waals surface area contributed by atoms with Gasteiger partial charge in [-0.15, -0.1) is 0 Å². The van der Waals surface area contributed by atoms with Crippen molar-refractivity contribution in [3.05, 3.63) is 22.8 Å². The quantitative estimate of drug-likeness (QED) is 0.733. The summed E-state index contributed by atoms with van der Waals surface area (Å²) >= 11 is 0. The van der Waals surface area contributed by atoms with Gasteiger partial charge in [-0.25, -0.2) is 9.97 Å². The van der Waals surface area contributed by atoms with Crippen molar-refractivity contribution in [1.82, 2.24) is 9.97 Å². The van der Waals surface area contributed by atoms with Gasteiger partial charge in [-0.2, -0.15) is 13.2 Å². The standard InChI is InChI=1S/C19H23F3N2O3/c1-9-23-13-5-4-10(8-12(13)14(24-9)19(20,21)22)17(25)27-16-11-6-7-26-15(11)18(16,2)3/h10-11,15-16H,4-8H2,1-3H3/t10-,11+,15+,16-/m1/s1. The zero-order valence-electron chi connectivity index (χ0n) is 15.6. The average Bonchev–Trinajstić information content (AvgIpc) is 3.04. The lowest BCUT2D eigenvalue weighted by Gasteiger charge is -2.53. The van der Waals surface area contributed by atoms with Crippen LogP contribution in [0.5, 0.6) is 0 Å². The molecule has 1 aromatic rings.